The number of methoxy groups -OCH3 is 2. The van der Waals surface area contributed by atoms with Gasteiger partial charge in [-0.3, -0.25) is 9.59 Å². The van der Waals surface area contributed by atoms with Crippen LogP contribution in [0.1, 0.15) is 33.1 Å². The maximum atomic E-state index is 12.0. The third kappa shape index (κ3) is 4.02. The molecule has 0 bridgehead atoms. The lowest BCUT2D eigenvalue weighted by molar-refractivity contribution is -0.169. The molecule has 0 amide bonds. The normalized spacial score (nSPS) is 10.7. The Kier molecular flexibility index (Phi) is 6.37. The van der Waals surface area contributed by atoms with Gasteiger partial charge < -0.3 is 9.47 Å². The molecule has 18 heavy (non-hydrogen) atoms. The predicted octanol–water partition coefficient (Wildman–Crippen LogP) is 2.64. The van der Waals surface area contributed by atoms with E-state index < -0.39 is 17.4 Å². The zero-order valence-electron chi connectivity index (χ0n) is 11.7. The van der Waals surface area contributed by atoms with Crippen LogP contribution in [0.15, 0.2) is 24.3 Å². The Morgan fingerprint density at radius 3 is 1.72 bits per heavy atom. The van der Waals surface area contributed by atoms with Gasteiger partial charge in [-0.2, -0.15) is 0 Å². The molecule has 102 valence electrons. The van der Waals surface area contributed by atoms with E-state index in [1.807, 2.05) is 6.92 Å². The smallest absolute Gasteiger partial charge is 0.323 e. The van der Waals surface area contributed by atoms with Gasteiger partial charge in [-0.15, -0.1) is 13.2 Å². The van der Waals surface area contributed by atoms with E-state index in [4.69, 9.17) is 9.47 Å². The van der Waals surface area contributed by atoms with Crippen molar-refractivity contribution in [2.75, 3.05) is 14.2 Å². The highest BCUT2D eigenvalue weighted by Gasteiger charge is 2.47. The van der Waals surface area contributed by atoms with Crippen molar-refractivity contribution in [3.05, 3.63) is 24.3 Å². The number of allylic oxidation sites excluding steroid dienone is 2. The van der Waals surface area contributed by atoms with Crippen molar-refractivity contribution < 1.29 is 19.1 Å². The van der Waals surface area contributed by atoms with Gasteiger partial charge in [0.15, 0.2) is 5.41 Å². The summed E-state index contributed by atoms with van der Waals surface area (Å²) in [6, 6.07) is 0. The summed E-state index contributed by atoms with van der Waals surface area (Å²) in [4.78, 5) is 24.0. The molecule has 0 saturated heterocycles. The highest BCUT2D eigenvalue weighted by molar-refractivity contribution is 6.00. The van der Waals surface area contributed by atoms with E-state index >= 15 is 0 Å². The minimum Gasteiger partial charge on any atom is -0.468 e. The highest BCUT2D eigenvalue weighted by atomic mass is 16.5. The van der Waals surface area contributed by atoms with Crippen molar-refractivity contribution in [2.24, 2.45) is 5.41 Å². The van der Waals surface area contributed by atoms with Gasteiger partial charge in [-0.1, -0.05) is 11.1 Å². The second-order valence-corrected chi connectivity index (χ2v) is 4.66. The second-order valence-electron chi connectivity index (χ2n) is 4.66. The van der Waals surface area contributed by atoms with Crippen LogP contribution in [0.4, 0.5) is 0 Å². The molecule has 0 aromatic heterocycles. The Hall–Kier alpha value is -1.58. The zero-order chi connectivity index (χ0) is 14.3. The molecule has 0 radical (unpaired) electrons. The topological polar surface area (TPSA) is 52.6 Å². The van der Waals surface area contributed by atoms with Gasteiger partial charge >= 0.3 is 11.9 Å². The largest absolute Gasteiger partial charge is 0.468 e. The molecule has 0 heterocycles. The van der Waals surface area contributed by atoms with E-state index in [0.29, 0.717) is 12.8 Å². The summed E-state index contributed by atoms with van der Waals surface area (Å²) in [6.07, 6.45) is 1.09. The van der Waals surface area contributed by atoms with Crippen molar-refractivity contribution in [1.82, 2.24) is 0 Å². The van der Waals surface area contributed by atoms with Gasteiger partial charge in [0.2, 0.25) is 0 Å². The van der Waals surface area contributed by atoms with E-state index in [1.54, 1.807) is 6.92 Å². The molecule has 0 rings (SSSR count). The molecule has 4 heteroatoms. The van der Waals surface area contributed by atoms with Crippen LogP contribution < -0.4 is 0 Å². The lowest BCUT2D eigenvalue weighted by atomic mass is 9.77. The molecule has 0 spiro atoms. The van der Waals surface area contributed by atoms with Crippen molar-refractivity contribution >= 4 is 11.9 Å². The lowest BCUT2D eigenvalue weighted by Gasteiger charge is -2.28. The number of hydrogen-bond donors (Lipinski definition) is 0. The number of esters is 2. The molecule has 0 aromatic carbocycles. The summed E-state index contributed by atoms with van der Waals surface area (Å²) in [5, 5.41) is 0. The first-order valence-electron chi connectivity index (χ1n) is 5.75. The van der Waals surface area contributed by atoms with Crippen LogP contribution in [0.2, 0.25) is 0 Å². The van der Waals surface area contributed by atoms with Crippen LogP contribution in [0.3, 0.4) is 0 Å². The quantitative estimate of drug-likeness (QED) is 0.398. The van der Waals surface area contributed by atoms with Crippen LogP contribution in [0.5, 0.6) is 0 Å². The molecule has 0 saturated carbocycles. The van der Waals surface area contributed by atoms with Gasteiger partial charge in [-0.05, 0) is 33.1 Å². The minimum absolute atomic E-state index is 0.222. The van der Waals surface area contributed by atoms with Crippen LogP contribution in [0, 0.1) is 5.41 Å². The summed E-state index contributed by atoms with van der Waals surface area (Å²) >= 11 is 0. The van der Waals surface area contributed by atoms with Gasteiger partial charge in [0, 0.05) is 0 Å². The van der Waals surface area contributed by atoms with Gasteiger partial charge in [0.25, 0.3) is 0 Å². The minimum atomic E-state index is -1.31. The Morgan fingerprint density at radius 1 is 1.00 bits per heavy atom. The Balaban J connectivity index is 5.38. The van der Waals surface area contributed by atoms with E-state index in [2.05, 4.69) is 13.2 Å². The summed E-state index contributed by atoms with van der Waals surface area (Å²) in [7, 11) is 2.53. The van der Waals surface area contributed by atoms with Gasteiger partial charge in [0.05, 0.1) is 14.2 Å². The van der Waals surface area contributed by atoms with Crippen LogP contribution in [0.25, 0.3) is 0 Å². The fraction of sp³-hybridized carbons (Fsp3) is 0.571. The third-order valence-corrected chi connectivity index (χ3v) is 2.73. The maximum absolute atomic E-state index is 12.0. The van der Waals surface area contributed by atoms with Crippen LogP contribution in [-0.2, 0) is 19.1 Å². The Labute approximate surface area is 109 Å². The second kappa shape index (κ2) is 6.99. The molecule has 0 aliphatic rings. The average Bonchev–Trinajstić information content (AvgIpc) is 2.31. The molecule has 0 unspecified atom stereocenters. The highest BCUT2D eigenvalue weighted by Crippen LogP contribution is 2.35. The lowest BCUT2D eigenvalue weighted by Crippen LogP contribution is -2.41. The SMILES string of the molecule is C=C(C)CCC(CC(=C)C)(C(=O)OC)C(=O)OC. The Morgan fingerprint density at radius 2 is 1.44 bits per heavy atom. The average molecular weight is 254 g/mol. The van der Waals surface area contributed by atoms with Crippen molar-refractivity contribution in [3.8, 4) is 0 Å². The number of rotatable bonds is 7. The van der Waals surface area contributed by atoms with Gasteiger partial charge in [-0.25, -0.2) is 0 Å². The number of carbonyl (C=O) groups excluding carboxylic acids is 2. The van der Waals surface area contributed by atoms with E-state index in [0.717, 1.165) is 11.1 Å². The Bertz CT molecular complexity index is 339. The van der Waals surface area contributed by atoms with E-state index in [9.17, 15) is 9.59 Å². The maximum Gasteiger partial charge on any atom is 0.323 e. The predicted molar refractivity (Wildman–Crippen MR) is 69.9 cm³/mol. The van der Waals surface area contributed by atoms with Gasteiger partial charge in [0.1, 0.15) is 0 Å². The van der Waals surface area contributed by atoms with Crippen molar-refractivity contribution in [1.29, 1.82) is 0 Å². The summed E-state index contributed by atoms with van der Waals surface area (Å²) in [5.74, 6) is -1.17. The monoisotopic (exact) mass is 254 g/mol. The van der Waals surface area contributed by atoms with Crippen LogP contribution in [-0.4, -0.2) is 26.2 Å². The zero-order valence-corrected chi connectivity index (χ0v) is 11.7. The fourth-order valence-electron chi connectivity index (χ4n) is 1.85. The third-order valence-electron chi connectivity index (χ3n) is 2.73. The summed E-state index contributed by atoms with van der Waals surface area (Å²) in [5.41, 5.74) is 0.315. The molecule has 0 atom stereocenters. The van der Waals surface area contributed by atoms with Crippen molar-refractivity contribution in [3.63, 3.8) is 0 Å². The molecule has 0 fully saturated rings. The molecule has 0 N–H and O–H groups in total. The number of ether oxygens (including phenoxy) is 2. The molecular formula is C14H22O4. The van der Waals surface area contributed by atoms with E-state index in [1.165, 1.54) is 14.2 Å². The van der Waals surface area contributed by atoms with Crippen molar-refractivity contribution in [2.45, 2.75) is 33.1 Å². The molecule has 0 aliphatic carbocycles. The first-order valence-corrected chi connectivity index (χ1v) is 5.75. The molecular weight excluding hydrogens is 232 g/mol. The molecule has 0 aliphatic heterocycles. The first kappa shape index (κ1) is 16.4. The van der Waals surface area contributed by atoms with E-state index in [-0.39, 0.29) is 6.42 Å². The fourth-order valence-corrected chi connectivity index (χ4v) is 1.85. The number of carbonyl (C=O) groups is 2. The standard InChI is InChI=1S/C14H22O4/c1-10(2)7-8-14(9-11(3)4,12(15)17-5)13(16)18-6/h1,3,7-9H2,2,4-6H3. The molecule has 4 nitrogen and oxygen atoms in total. The molecule has 0 aromatic rings. The van der Waals surface area contributed by atoms with Crippen LogP contribution >= 0.6 is 0 Å². The first-order chi connectivity index (χ1) is 8.30. The summed E-state index contributed by atoms with van der Waals surface area (Å²) < 4.78 is 9.52. The number of hydrogen-bond acceptors (Lipinski definition) is 4. The summed E-state index contributed by atoms with van der Waals surface area (Å²) in [6.45, 7) is 11.2.